The SMILES string of the molecule is Cc1cc(S(=O)(=O)Nc2c(C)cccc2F)ccc1Br. The predicted molar refractivity (Wildman–Crippen MR) is 80.8 cm³/mol. The number of sulfonamides is 1. The molecule has 2 aromatic carbocycles. The van der Waals surface area contributed by atoms with Gasteiger partial charge in [0.1, 0.15) is 5.82 Å². The first kappa shape index (κ1) is 15.0. The summed E-state index contributed by atoms with van der Waals surface area (Å²) in [5.74, 6) is -0.595. The van der Waals surface area contributed by atoms with Crippen LogP contribution in [0.25, 0.3) is 0 Å². The molecule has 0 bridgehead atoms. The number of aryl methyl sites for hydroxylation is 2. The molecular weight excluding hydrogens is 345 g/mol. The fourth-order valence-corrected chi connectivity index (χ4v) is 3.21. The van der Waals surface area contributed by atoms with Crippen LogP contribution in [0.1, 0.15) is 11.1 Å². The third-order valence-electron chi connectivity index (χ3n) is 2.90. The lowest BCUT2D eigenvalue weighted by molar-refractivity contribution is 0.598. The van der Waals surface area contributed by atoms with Crippen molar-refractivity contribution in [3.63, 3.8) is 0 Å². The minimum Gasteiger partial charge on any atom is -0.276 e. The Morgan fingerprint density at radius 1 is 1.10 bits per heavy atom. The van der Waals surface area contributed by atoms with Gasteiger partial charge in [0.15, 0.2) is 0 Å². The molecular formula is C14H13BrFNO2S. The lowest BCUT2D eigenvalue weighted by atomic mass is 10.2. The van der Waals surface area contributed by atoms with Gasteiger partial charge in [-0.2, -0.15) is 0 Å². The summed E-state index contributed by atoms with van der Waals surface area (Å²) in [6.07, 6.45) is 0. The van der Waals surface area contributed by atoms with Crippen LogP contribution < -0.4 is 4.72 Å². The van der Waals surface area contributed by atoms with Crippen molar-refractivity contribution in [2.75, 3.05) is 4.72 Å². The molecule has 0 heterocycles. The van der Waals surface area contributed by atoms with Gasteiger partial charge >= 0.3 is 0 Å². The number of hydrogen-bond donors (Lipinski definition) is 1. The van der Waals surface area contributed by atoms with Gasteiger partial charge < -0.3 is 0 Å². The van der Waals surface area contributed by atoms with E-state index in [9.17, 15) is 12.8 Å². The highest BCUT2D eigenvalue weighted by atomic mass is 79.9. The standard InChI is InChI=1S/C14H13BrFNO2S/c1-9-4-3-5-13(16)14(9)17-20(18,19)11-6-7-12(15)10(2)8-11/h3-8,17H,1-2H3. The summed E-state index contributed by atoms with van der Waals surface area (Å²) >= 11 is 3.31. The number of hydrogen-bond acceptors (Lipinski definition) is 2. The van der Waals surface area contributed by atoms with E-state index in [0.29, 0.717) is 5.56 Å². The zero-order chi connectivity index (χ0) is 14.9. The van der Waals surface area contributed by atoms with Crippen molar-refractivity contribution in [1.82, 2.24) is 0 Å². The Bertz CT molecular complexity index is 740. The summed E-state index contributed by atoms with van der Waals surface area (Å²) in [6.45, 7) is 3.44. The quantitative estimate of drug-likeness (QED) is 0.901. The van der Waals surface area contributed by atoms with Gasteiger partial charge in [0.2, 0.25) is 0 Å². The van der Waals surface area contributed by atoms with Gasteiger partial charge in [0.25, 0.3) is 10.0 Å². The first-order valence-electron chi connectivity index (χ1n) is 5.85. The van der Waals surface area contributed by atoms with Gasteiger partial charge in [-0.1, -0.05) is 28.1 Å². The molecule has 0 amide bonds. The molecule has 6 heteroatoms. The van der Waals surface area contributed by atoms with Gasteiger partial charge in [0.05, 0.1) is 10.6 Å². The Balaban J connectivity index is 2.43. The summed E-state index contributed by atoms with van der Waals surface area (Å²) in [7, 11) is -3.81. The number of benzene rings is 2. The van der Waals surface area contributed by atoms with Crippen LogP contribution in [0.15, 0.2) is 45.8 Å². The van der Waals surface area contributed by atoms with Crippen molar-refractivity contribution in [3.05, 3.63) is 57.8 Å². The van der Waals surface area contributed by atoms with Crippen LogP contribution in [0, 0.1) is 19.7 Å². The molecule has 0 radical (unpaired) electrons. The largest absolute Gasteiger partial charge is 0.276 e. The van der Waals surface area contributed by atoms with E-state index in [1.165, 1.54) is 24.3 Å². The van der Waals surface area contributed by atoms with E-state index in [0.717, 1.165) is 10.0 Å². The summed E-state index contributed by atoms with van der Waals surface area (Å²) in [4.78, 5) is 0.0980. The highest BCUT2D eigenvalue weighted by molar-refractivity contribution is 9.10. The summed E-state index contributed by atoms with van der Waals surface area (Å²) < 4.78 is 41.4. The Labute approximate surface area is 126 Å². The molecule has 0 fully saturated rings. The number of halogens is 2. The third-order valence-corrected chi connectivity index (χ3v) is 5.14. The van der Waals surface area contributed by atoms with E-state index in [1.807, 2.05) is 0 Å². The van der Waals surface area contributed by atoms with E-state index >= 15 is 0 Å². The average Bonchev–Trinajstić information content (AvgIpc) is 2.37. The second kappa shape index (κ2) is 5.54. The number of rotatable bonds is 3. The molecule has 0 unspecified atom stereocenters. The minimum absolute atomic E-state index is 0.0203. The van der Waals surface area contributed by atoms with Crippen molar-refractivity contribution in [3.8, 4) is 0 Å². The lowest BCUT2D eigenvalue weighted by Gasteiger charge is -2.12. The predicted octanol–water partition coefficient (Wildman–Crippen LogP) is 4.01. The maximum absolute atomic E-state index is 13.7. The molecule has 20 heavy (non-hydrogen) atoms. The molecule has 106 valence electrons. The third kappa shape index (κ3) is 3.02. The average molecular weight is 358 g/mol. The Kier molecular flexibility index (Phi) is 4.15. The minimum atomic E-state index is -3.81. The summed E-state index contributed by atoms with van der Waals surface area (Å²) in [5, 5.41) is 0. The van der Waals surface area contributed by atoms with Gasteiger partial charge in [0, 0.05) is 4.47 Å². The molecule has 2 rings (SSSR count). The van der Waals surface area contributed by atoms with Crippen molar-refractivity contribution in [2.45, 2.75) is 18.7 Å². The van der Waals surface area contributed by atoms with Crippen LogP contribution >= 0.6 is 15.9 Å². The van der Waals surface area contributed by atoms with Crippen LogP contribution in [-0.2, 0) is 10.0 Å². The smallest absolute Gasteiger partial charge is 0.262 e. The highest BCUT2D eigenvalue weighted by Crippen LogP contribution is 2.25. The summed E-state index contributed by atoms with van der Waals surface area (Å²) in [5.41, 5.74) is 1.30. The number of anilines is 1. The van der Waals surface area contributed by atoms with Crippen molar-refractivity contribution >= 4 is 31.6 Å². The molecule has 0 spiro atoms. The fourth-order valence-electron chi connectivity index (χ4n) is 1.74. The van der Waals surface area contributed by atoms with Crippen LogP contribution in [0.3, 0.4) is 0 Å². The molecule has 0 saturated carbocycles. The summed E-state index contributed by atoms with van der Waals surface area (Å²) in [6, 6.07) is 9.05. The van der Waals surface area contributed by atoms with Crippen LogP contribution in [0.4, 0.5) is 10.1 Å². The first-order valence-corrected chi connectivity index (χ1v) is 8.13. The second-order valence-corrected chi connectivity index (χ2v) is 6.98. The van der Waals surface area contributed by atoms with Crippen LogP contribution in [-0.4, -0.2) is 8.42 Å². The normalized spacial score (nSPS) is 11.4. The molecule has 0 aliphatic heterocycles. The molecule has 0 atom stereocenters. The van der Waals surface area contributed by atoms with E-state index in [2.05, 4.69) is 20.7 Å². The molecule has 0 aromatic heterocycles. The van der Waals surface area contributed by atoms with E-state index < -0.39 is 15.8 Å². The van der Waals surface area contributed by atoms with Gasteiger partial charge in [-0.25, -0.2) is 12.8 Å². The topological polar surface area (TPSA) is 46.2 Å². The molecule has 3 nitrogen and oxygen atoms in total. The lowest BCUT2D eigenvalue weighted by Crippen LogP contribution is -2.15. The molecule has 0 aliphatic carbocycles. The van der Waals surface area contributed by atoms with E-state index in [1.54, 1.807) is 26.0 Å². The maximum Gasteiger partial charge on any atom is 0.262 e. The van der Waals surface area contributed by atoms with Crippen molar-refractivity contribution in [2.24, 2.45) is 0 Å². The molecule has 1 N–H and O–H groups in total. The monoisotopic (exact) mass is 357 g/mol. The van der Waals surface area contributed by atoms with Gasteiger partial charge in [-0.15, -0.1) is 0 Å². The number of nitrogens with one attached hydrogen (secondary N) is 1. The molecule has 2 aromatic rings. The van der Waals surface area contributed by atoms with Gasteiger partial charge in [-0.3, -0.25) is 4.72 Å². The van der Waals surface area contributed by atoms with Gasteiger partial charge in [-0.05, 0) is 49.2 Å². The zero-order valence-corrected chi connectivity index (χ0v) is 13.3. The maximum atomic E-state index is 13.7. The van der Waals surface area contributed by atoms with Crippen LogP contribution in [0.2, 0.25) is 0 Å². The second-order valence-electron chi connectivity index (χ2n) is 4.45. The fraction of sp³-hybridized carbons (Fsp3) is 0.143. The zero-order valence-electron chi connectivity index (χ0n) is 10.9. The number of para-hydroxylation sites is 1. The van der Waals surface area contributed by atoms with Crippen LogP contribution in [0.5, 0.6) is 0 Å². The van der Waals surface area contributed by atoms with E-state index in [-0.39, 0.29) is 10.6 Å². The highest BCUT2D eigenvalue weighted by Gasteiger charge is 2.18. The Morgan fingerprint density at radius 3 is 2.40 bits per heavy atom. The molecule has 0 aliphatic rings. The van der Waals surface area contributed by atoms with E-state index in [4.69, 9.17) is 0 Å². The first-order chi connectivity index (χ1) is 9.31. The van der Waals surface area contributed by atoms with Crippen molar-refractivity contribution < 1.29 is 12.8 Å². The Hall–Kier alpha value is -1.40. The molecule has 0 saturated heterocycles. The van der Waals surface area contributed by atoms with Crippen molar-refractivity contribution in [1.29, 1.82) is 0 Å². The Morgan fingerprint density at radius 2 is 1.80 bits per heavy atom.